The molecular weight excluding hydrogens is 349 g/mol. The van der Waals surface area contributed by atoms with E-state index in [1.807, 2.05) is 0 Å². The fourth-order valence-corrected chi connectivity index (χ4v) is 4.59. The average Bonchev–Trinajstić information content (AvgIpc) is 2.60. The molecule has 0 saturated carbocycles. The van der Waals surface area contributed by atoms with Crippen LogP contribution in [0.2, 0.25) is 0 Å². The van der Waals surface area contributed by atoms with E-state index in [1.165, 1.54) is 23.5 Å². The lowest BCUT2D eigenvalue weighted by Crippen LogP contribution is -2.49. The summed E-state index contributed by atoms with van der Waals surface area (Å²) in [5.74, 6) is -0.947. The van der Waals surface area contributed by atoms with E-state index in [-0.39, 0.29) is 42.1 Å². The van der Waals surface area contributed by atoms with Crippen LogP contribution in [0.3, 0.4) is 0 Å². The molecule has 2 rings (SSSR count). The summed E-state index contributed by atoms with van der Waals surface area (Å²) >= 11 is 0. The quantitative estimate of drug-likeness (QED) is 0.738. The van der Waals surface area contributed by atoms with Crippen LogP contribution in [0.1, 0.15) is 25.7 Å². The Kier molecular flexibility index (Phi) is 6.74. The molecule has 1 amide bonds. The lowest BCUT2D eigenvalue weighted by molar-refractivity contribution is -0.121. The Morgan fingerprint density at radius 2 is 2.20 bits per heavy atom. The number of nitrogens with two attached hydrogens (primary N) is 1. The van der Waals surface area contributed by atoms with Crippen molar-refractivity contribution in [2.45, 2.75) is 36.6 Å². The summed E-state index contributed by atoms with van der Waals surface area (Å²) in [4.78, 5) is 11.5. The van der Waals surface area contributed by atoms with Crippen molar-refractivity contribution in [2.24, 2.45) is 5.73 Å². The zero-order chi connectivity index (χ0) is 18.4. The highest BCUT2D eigenvalue weighted by Gasteiger charge is 2.34. The van der Waals surface area contributed by atoms with Gasteiger partial charge in [-0.15, -0.1) is 0 Å². The minimum Gasteiger partial charge on any atom is -0.494 e. The SMILES string of the molecule is COc1ccc(S(=O)(=O)N2CCCCC2CNC(=O)CCN)cc1F. The number of carbonyl (C=O) groups is 1. The number of carbonyl (C=O) groups excluding carboxylic acids is 1. The largest absolute Gasteiger partial charge is 0.494 e. The summed E-state index contributed by atoms with van der Waals surface area (Å²) in [6.07, 6.45) is 2.44. The molecule has 1 atom stereocenters. The second-order valence-corrected chi connectivity index (χ2v) is 7.80. The zero-order valence-corrected chi connectivity index (χ0v) is 15.0. The second-order valence-electron chi connectivity index (χ2n) is 5.90. The first-order valence-electron chi connectivity index (χ1n) is 8.22. The minimum atomic E-state index is -3.86. The average molecular weight is 373 g/mol. The van der Waals surface area contributed by atoms with Crippen LogP contribution in [0, 0.1) is 5.82 Å². The Morgan fingerprint density at radius 3 is 2.84 bits per heavy atom. The van der Waals surface area contributed by atoms with E-state index < -0.39 is 15.8 Å². The molecule has 0 radical (unpaired) electrons. The van der Waals surface area contributed by atoms with Crippen LogP contribution in [0.15, 0.2) is 23.1 Å². The monoisotopic (exact) mass is 373 g/mol. The van der Waals surface area contributed by atoms with Gasteiger partial charge in [0.05, 0.1) is 12.0 Å². The van der Waals surface area contributed by atoms with E-state index >= 15 is 0 Å². The van der Waals surface area contributed by atoms with Gasteiger partial charge in [-0.3, -0.25) is 4.79 Å². The third-order valence-electron chi connectivity index (χ3n) is 4.21. The number of benzene rings is 1. The van der Waals surface area contributed by atoms with Crippen molar-refractivity contribution < 1.29 is 22.3 Å². The van der Waals surface area contributed by atoms with Gasteiger partial charge in [-0.05, 0) is 31.0 Å². The molecule has 9 heteroatoms. The Bertz CT molecular complexity index is 711. The maximum Gasteiger partial charge on any atom is 0.243 e. The van der Waals surface area contributed by atoms with Crippen LogP contribution >= 0.6 is 0 Å². The molecule has 0 spiro atoms. The summed E-state index contributed by atoms with van der Waals surface area (Å²) in [7, 11) is -2.54. The summed E-state index contributed by atoms with van der Waals surface area (Å²) in [5.41, 5.74) is 5.34. The fraction of sp³-hybridized carbons (Fsp3) is 0.562. The van der Waals surface area contributed by atoms with E-state index in [4.69, 9.17) is 10.5 Å². The maximum atomic E-state index is 13.9. The van der Waals surface area contributed by atoms with E-state index in [1.54, 1.807) is 0 Å². The predicted molar refractivity (Wildman–Crippen MR) is 91.2 cm³/mol. The number of sulfonamides is 1. The van der Waals surface area contributed by atoms with Gasteiger partial charge >= 0.3 is 0 Å². The summed E-state index contributed by atoms with van der Waals surface area (Å²) in [6, 6.07) is 3.23. The number of hydrogen-bond donors (Lipinski definition) is 2. The van der Waals surface area contributed by atoms with Crippen molar-refractivity contribution in [2.75, 3.05) is 26.7 Å². The Balaban J connectivity index is 2.19. The van der Waals surface area contributed by atoms with E-state index in [9.17, 15) is 17.6 Å². The fourth-order valence-electron chi connectivity index (χ4n) is 2.89. The van der Waals surface area contributed by atoms with Crippen molar-refractivity contribution in [3.63, 3.8) is 0 Å². The number of hydrogen-bond acceptors (Lipinski definition) is 5. The van der Waals surface area contributed by atoms with Crippen LogP contribution in [0.4, 0.5) is 4.39 Å². The van der Waals surface area contributed by atoms with Crippen molar-refractivity contribution in [1.29, 1.82) is 0 Å². The van der Waals surface area contributed by atoms with Crippen molar-refractivity contribution in [3.8, 4) is 5.75 Å². The first-order valence-corrected chi connectivity index (χ1v) is 9.66. The van der Waals surface area contributed by atoms with Gasteiger partial charge in [-0.1, -0.05) is 6.42 Å². The highest BCUT2D eigenvalue weighted by atomic mass is 32.2. The number of rotatable bonds is 7. The normalized spacial score (nSPS) is 18.8. The highest BCUT2D eigenvalue weighted by molar-refractivity contribution is 7.89. The molecule has 7 nitrogen and oxygen atoms in total. The molecule has 140 valence electrons. The van der Waals surface area contributed by atoms with Gasteiger partial charge in [0, 0.05) is 32.1 Å². The van der Waals surface area contributed by atoms with Crippen LogP contribution in [-0.4, -0.2) is 51.4 Å². The molecule has 1 fully saturated rings. The standard InChI is InChI=1S/C16H24FN3O4S/c1-24-15-6-5-13(10-14(15)17)25(22,23)20-9-3-2-4-12(20)11-19-16(21)7-8-18/h5-6,10,12H,2-4,7-9,11,18H2,1H3,(H,19,21). The van der Waals surface area contributed by atoms with Gasteiger partial charge in [0.15, 0.2) is 11.6 Å². The third kappa shape index (κ3) is 4.68. The molecule has 1 saturated heterocycles. The molecule has 1 aliphatic rings. The highest BCUT2D eigenvalue weighted by Crippen LogP contribution is 2.27. The number of piperidine rings is 1. The number of halogens is 1. The Hall–Kier alpha value is -1.71. The first-order chi connectivity index (χ1) is 11.9. The zero-order valence-electron chi connectivity index (χ0n) is 14.2. The second kappa shape index (κ2) is 8.59. The first kappa shape index (κ1) is 19.6. The molecule has 1 aromatic carbocycles. The Labute approximate surface area is 147 Å². The Morgan fingerprint density at radius 1 is 1.44 bits per heavy atom. The molecule has 0 bridgehead atoms. The van der Waals surface area contributed by atoms with Gasteiger partial charge in [0.1, 0.15) is 0 Å². The minimum absolute atomic E-state index is 0.0109. The van der Waals surface area contributed by atoms with Crippen molar-refractivity contribution in [1.82, 2.24) is 9.62 Å². The number of nitrogens with zero attached hydrogens (tertiary/aromatic N) is 1. The maximum absolute atomic E-state index is 13.9. The molecule has 0 aliphatic carbocycles. The van der Waals surface area contributed by atoms with Gasteiger partial charge in [0.25, 0.3) is 0 Å². The number of methoxy groups -OCH3 is 1. The van der Waals surface area contributed by atoms with E-state index in [0.29, 0.717) is 13.0 Å². The third-order valence-corrected chi connectivity index (χ3v) is 6.16. The van der Waals surface area contributed by atoms with Gasteiger partial charge < -0.3 is 15.8 Å². The smallest absolute Gasteiger partial charge is 0.243 e. The summed E-state index contributed by atoms with van der Waals surface area (Å²) in [6.45, 7) is 0.799. The van der Waals surface area contributed by atoms with Crippen LogP contribution < -0.4 is 15.8 Å². The predicted octanol–water partition coefficient (Wildman–Crippen LogP) is 0.843. The number of nitrogens with one attached hydrogen (secondary N) is 1. The molecule has 3 N–H and O–H groups in total. The topological polar surface area (TPSA) is 102 Å². The molecular formula is C16H24FN3O4S. The molecule has 1 aromatic rings. The molecule has 1 unspecified atom stereocenters. The van der Waals surface area contributed by atoms with Crippen LogP contribution in [0.25, 0.3) is 0 Å². The summed E-state index contributed by atoms with van der Waals surface area (Å²) < 4.78 is 45.9. The molecule has 1 heterocycles. The van der Waals surface area contributed by atoms with E-state index in [2.05, 4.69) is 5.32 Å². The van der Waals surface area contributed by atoms with Crippen LogP contribution in [-0.2, 0) is 14.8 Å². The van der Waals surface area contributed by atoms with E-state index in [0.717, 1.165) is 18.9 Å². The number of amides is 1. The molecule has 1 aliphatic heterocycles. The van der Waals surface area contributed by atoms with Crippen molar-refractivity contribution >= 4 is 15.9 Å². The van der Waals surface area contributed by atoms with Crippen molar-refractivity contribution in [3.05, 3.63) is 24.0 Å². The molecule has 0 aromatic heterocycles. The van der Waals surface area contributed by atoms with Crippen LogP contribution in [0.5, 0.6) is 5.75 Å². The van der Waals surface area contributed by atoms with Gasteiger partial charge in [-0.2, -0.15) is 4.31 Å². The van der Waals surface area contributed by atoms with Gasteiger partial charge in [-0.25, -0.2) is 12.8 Å². The number of ether oxygens (including phenoxy) is 1. The lowest BCUT2D eigenvalue weighted by Gasteiger charge is -2.34. The lowest BCUT2D eigenvalue weighted by atomic mass is 10.1. The molecule has 25 heavy (non-hydrogen) atoms. The van der Waals surface area contributed by atoms with Gasteiger partial charge in [0.2, 0.25) is 15.9 Å². The summed E-state index contributed by atoms with van der Waals surface area (Å²) in [5, 5.41) is 2.72.